The third-order valence-electron chi connectivity index (χ3n) is 20.7. The fourth-order valence-electron chi connectivity index (χ4n) is 16.0. The average Bonchev–Trinajstić information content (AvgIpc) is 1.70. The van der Waals surface area contributed by atoms with E-state index in [0.29, 0.717) is 87.1 Å². The Labute approximate surface area is 507 Å². The number of aromatic nitrogens is 3. The normalized spacial score (nSPS) is 26.6. The van der Waals surface area contributed by atoms with Gasteiger partial charge in [0, 0.05) is 101 Å². The van der Waals surface area contributed by atoms with Crippen LogP contribution in [0.3, 0.4) is 0 Å². The number of ether oxygens (including phenoxy) is 4. The molecule has 3 aromatic heterocycles. The fourth-order valence-corrected chi connectivity index (χ4v) is 17.0. The van der Waals surface area contributed by atoms with Crippen molar-refractivity contribution in [1.29, 1.82) is 0 Å². The van der Waals surface area contributed by atoms with E-state index in [9.17, 15) is 28.4 Å². The maximum atomic E-state index is 14.9. The van der Waals surface area contributed by atoms with E-state index in [1.165, 1.54) is 23.3 Å². The first-order chi connectivity index (χ1) is 42.0. The molecule has 3 aromatic carbocycles. The number of methoxy groups -OCH3 is 1. The molecule has 460 valence electrons. The molecule has 2 saturated carbocycles. The molecule has 87 heavy (non-hydrogen) atoms. The number of aliphatic hydroxyl groups is 1. The second kappa shape index (κ2) is 22.8. The summed E-state index contributed by atoms with van der Waals surface area (Å²) < 4.78 is 55.1. The maximum absolute atomic E-state index is 14.9. The summed E-state index contributed by atoms with van der Waals surface area (Å²) in [5.74, 6) is 1.80. The number of pyridine rings is 2. The number of hydrogen-bond donors (Lipinski definition) is 4. The zero-order valence-electron chi connectivity index (χ0n) is 49.9. The van der Waals surface area contributed by atoms with Gasteiger partial charge in [-0.15, -0.1) is 0 Å². The van der Waals surface area contributed by atoms with Crippen molar-refractivity contribution >= 4 is 61.2 Å². The smallest absolute Gasteiger partial charge is 0.293 e. The monoisotopic (exact) mass is 1210 g/mol. The number of rotatable bonds is 14. The minimum absolute atomic E-state index is 0.110. The van der Waals surface area contributed by atoms with E-state index in [0.717, 1.165) is 132 Å². The maximum Gasteiger partial charge on any atom is 0.293 e. The van der Waals surface area contributed by atoms with Crippen LogP contribution in [0.1, 0.15) is 111 Å². The second-order valence-corrected chi connectivity index (χ2v) is 27.9. The lowest BCUT2D eigenvalue weighted by Crippen LogP contribution is -2.66. The molecule has 4 atom stereocenters. The van der Waals surface area contributed by atoms with Crippen LogP contribution < -0.4 is 34.2 Å². The van der Waals surface area contributed by atoms with Gasteiger partial charge >= 0.3 is 0 Å². The van der Waals surface area contributed by atoms with Crippen molar-refractivity contribution in [3.63, 3.8) is 0 Å². The highest BCUT2D eigenvalue weighted by atomic mass is 32.2. The van der Waals surface area contributed by atoms with Crippen LogP contribution in [0.4, 0.5) is 34.3 Å². The number of sulfonamides is 1. The van der Waals surface area contributed by atoms with Gasteiger partial charge in [-0.3, -0.25) is 24.7 Å². The lowest BCUT2D eigenvalue weighted by Gasteiger charge is -2.61. The zero-order chi connectivity index (χ0) is 59.8. The molecule has 5 aliphatic heterocycles. The number of piperazine rings is 1. The van der Waals surface area contributed by atoms with Crippen molar-refractivity contribution in [2.45, 2.75) is 125 Å². The van der Waals surface area contributed by atoms with Crippen LogP contribution in [0, 0.1) is 21.4 Å². The number of H-pyrrole nitrogens is 1. The number of amides is 1. The average molecular weight is 1210 g/mol. The Bertz CT molecular complexity index is 3700. The van der Waals surface area contributed by atoms with Crippen LogP contribution >= 0.6 is 0 Å². The Morgan fingerprint density at radius 3 is 2.49 bits per heavy atom. The third-order valence-corrected chi connectivity index (χ3v) is 22.0. The first-order valence-corrected chi connectivity index (χ1v) is 32.7. The predicted octanol–water partition coefficient (Wildman–Crippen LogP) is 8.84. The Balaban J connectivity index is 0.712. The number of nitro groups is 1. The van der Waals surface area contributed by atoms with Gasteiger partial charge in [0.25, 0.3) is 21.6 Å². The van der Waals surface area contributed by atoms with Gasteiger partial charge in [0.15, 0.2) is 11.6 Å². The number of nitro benzene ring substituents is 1. The first kappa shape index (κ1) is 57.7. The van der Waals surface area contributed by atoms with Crippen molar-refractivity contribution in [2.75, 3.05) is 106 Å². The van der Waals surface area contributed by atoms with Crippen LogP contribution in [0.15, 0.2) is 96.2 Å². The Kier molecular flexibility index (Phi) is 15.1. The van der Waals surface area contributed by atoms with E-state index >= 15 is 0 Å². The minimum atomic E-state index is -4.65. The van der Waals surface area contributed by atoms with Crippen LogP contribution in [-0.2, 0) is 31.6 Å². The van der Waals surface area contributed by atoms with Crippen LogP contribution in [-0.4, -0.2) is 159 Å². The largest absolute Gasteiger partial charge is 0.493 e. The van der Waals surface area contributed by atoms with Crippen molar-refractivity contribution < 1.29 is 42.2 Å². The quantitative estimate of drug-likeness (QED) is 0.0589. The van der Waals surface area contributed by atoms with Crippen LogP contribution in [0.25, 0.3) is 11.0 Å². The molecule has 8 heterocycles. The molecule has 6 fully saturated rings. The van der Waals surface area contributed by atoms with Gasteiger partial charge in [-0.1, -0.05) is 31.2 Å². The van der Waals surface area contributed by atoms with Gasteiger partial charge in [-0.2, -0.15) is 4.98 Å². The molecule has 0 radical (unpaired) electrons. The summed E-state index contributed by atoms with van der Waals surface area (Å²) in [6.07, 6.45) is 12.1. The number of hydrogen-bond acceptors (Lipinski definition) is 18. The fraction of sp³-hybridized carbons (Fsp3) is 0.523. The Morgan fingerprint density at radius 1 is 0.897 bits per heavy atom. The molecular weight excluding hydrogens is 1130 g/mol. The molecule has 3 aliphatic carbocycles. The zero-order valence-corrected chi connectivity index (χ0v) is 50.7. The predicted molar refractivity (Wildman–Crippen MR) is 331 cm³/mol. The number of nitrogens with zero attached hydrogens (tertiary/aromatic N) is 8. The number of carbonyl (C=O) groups is 1. The lowest BCUT2D eigenvalue weighted by atomic mass is 9.59. The van der Waals surface area contributed by atoms with Crippen molar-refractivity contribution in [1.82, 2.24) is 29.5 Å². The topological polar surface area (TPSA) is 233 Å². The summed E-state index contributed by atoms with van der Waals surface area (Å²) in [5.41, 5.74) is 5.99. The minimum Gasteiger partial charge on any atom is -0.493 e. The molecule has 0 bridgehead atoms. The Hall–Kier alpha value is -7.08. The summed E-state index contributed by atoms with van der Waals surface area (Å²) in [5, 5.41) is 26.9. The summed E-state index contributed by atoms with van der Waals surface area (Å²) >= 11 is 0. The highest BCUT2D eigenvalue weighted by molar-refractivity contribution is 7.90. The molecule has 21 nitrogen and oxygen atoms in total. The SMILES string of the molecule is COc1cc(CN2CCN(C3CC4(CCN(c5ccc(C(=O)NS(=O)(=O)c6ccc(NCC7CCC(C)(O)CC7)c([N+](=O)[O-])c6)c(N6c7cc8cc[nH]c8nc7O[C@H]7COCC[C@@H]76)c5)CC4)C3)[C@@]3(C[C@@H](C)c4ccccc43)C2)cnc1N1CCOCC1. The third kappa shape index (κ3) is 10.9. The van der Waals surface area contributed by atoms with Gasteiger partial charge in [0.1, 0.15) is 23.1 Å². The van der Waals surface area contributed by atoms with Crippen molar-refractivity contribution in [3.05, 3.63) is 124 Å². The molecule has 2 spiro atoms. The van der Waals surface area contributed by atoms with E-state index in [-0.39, 0.29) is 34.2 Å². The molecule has 0 unspecified atom stereocenters. The van der Waals surface area contributed by atoms with Gasteiger partial charge in [-0.25, -0.2) is 18.1 Å². The highest BCUT2D eigenvalue weighted by Crippen LogP contribution is 2.58. The number of carbonyl (C=O) groups excluding carboxylic acids is 1. The summed E-state index contributed by atoms with van der Waals surface area (Å²) in [6, 6.07) is 24.7. The number of benzene rings is 3. The summed E-state index contributed by atoms with van der Waals surface area (Å²) in [6.45, 7) is 13.6. The molecule has 1 amide bonds. The number of piperidine rings is 1. The number of nitrogens with one attached hydrogen (secondary N) is 3. The van der Waals surface area contributed by atoms with E-state index in [2.05, 4.69) is 76.8 Å². The lowest BCUT2D eigenvalue weighted by molar-refractivity contribution is -0.384. The second-order valence-electron chi connectivity index (χ2n) is 26.2. The van der Waals surface area contributed by atoms with E-state index in [1.54, 1.807) is 13.2 Å². The van der Waals surface area contributed by atoms with Gasteiger partial charge in [-0.05, 0) is 154 Å². The number of fused-ring (bicyclic) bond motifs is 5. The van der Waals surface area contributed by atoms with Crippen molar-refractivity contribution in [2.24, 2.45) is 11.3 Å². The Morgan fingerprint density at radius 2 is 1.70 bits per heavy atom. The van der Waals surface area contributed by atoms with E-state index < -0.39 is 43.1 Å². The standard InChI is InChI=1S/C65H79N11O10S/c1-42-34-65(51-7-5-4-6-49(42)51)41-71(39-44-30-57(83-3)60(68-38-44)73-25-28-84-29-26-73)23-24-74(65)47-35-64(36-47)18-21-72(22-19-64)46-8-10-50(54(32-46)75-53-15-27-85-40-58(53)86-62-56(75)31-45-14-20-66-59(45)69-62)61(77)70-87(81,82)48-9-11-52(55(33-48)76(79)80)67-37-43-12-16-63(2,78)17-13-43/h4-11,14,20,30-33,38,42-43,47,53,58,67,78H,12-13,15-19,21-29,34-37,39-41H2,1-3H3,(H,66,69)(H,70,77)/t42-,43?,53+,58+,63?,65+/m1/s1. The summed E-state index contributed by atoms with van der Waals surface area (Å²) in [7, 11) is -2.91. The molecule has 4 N–H and O–H groups in total. The number of aromatic amines is 1. The molecule has 14 rings (SSSR count). The van der Waals surface area contributed by atoms with Crippen LogP contribution in [0.5, 0.6) is 11.6 Å². The van der Waals surface area contributed by atoms with Crippen molar-refractivity contribution in [3.8, 4) is 11.6 Å². The van der Waals surface area contributed by atoms with Gasteiger partial charge in [0.05, 0.1) is 65.2 Å². The summed E-state index contributed by atoms with van der Waals surface area (Å²) in [4.78, 5) is 51.7. The highest BCUT2D eigenvalue weighted by Gasteiger charge is 2.57. The molecule has 22 heteroatoms. The van der Waals surface area contributed by atoms with E-state index in [4.69, 9.17) is 28.9 Å². The number of morpholine rings is 1. The first-order valence-electron chi connectivity index (χ1n) is 31.2. The molecule has 6 aromatic rings. The molecule has 4 saturated heterocycles. The number of anilines is 5. The molecular formula is C65H79N11O10S. The molecule has 8 aliphatic rings. The van der Waals surface area contributed by atoms with Crippen LogP contribution in [0.2, 0.25) is 0 Å². The van der Waals surface area contributed by atoms with Gasteiger partial charge in [0.2, 0.25) is 5.88 Å². The van der Waals surface area contributed by atoms with Gasteiger partial charge < -0.3 is 49.1 Å². The van der Waals surface area contributed by atoms with E-state index in [1.807, 2.05) is 43.6 Å².